The van der Waals surface area contributed by atoms with Crippen LogP contribution in [0.3, 0.4) is 0 Å². The number of aromatic nitrogens is 1. The highest BCUT2D eigenvalue weighted by atomic mass is 16.5. The lowest BCUT2D eigenvalue weighted by molar-refractivity contribution is 0.0937. The van der Waals surface area contributed by atoms with Crippen molar-refractivity contribution in [3.05, 3.63) is 54.4 Å². The lowest BCUT2D eigenvalue weighted by atomic mass is 10.1. The Hall–Kier alpha value is -3.22. The SMILES string of the molecule is C=C(NNC(=O)c1ccccn1)c1ccc(OC)c(OC)c1OC. The molecule has 7 nitrogen and oxygen atoms in total. The number of methoxy groups -OCH3 is 3. The van der Waals surface area contributed by atoms with Crippen LogP contribution in [0.1, 0.15) is 16.1 Å². The van der Waals surface area contributed by atoms with E-state index in [-0.39, 0.29) is 11.6 Å². The number of rotatable bonds is 7. The molecule has 0 fully saturated rings. The predicted molar refractivity (Wildman–Crippen MR) is 90.0 cm³/mol. The van der Waals surface area contributed by atoms with Crippen molar-refractivity contribution < 1.29 is 19.0 Å². The molecule has 2 N–H and O–H groups in total. The van der Waals surface area contributed by atoms with Crippen LogP contribution in [0.5, 0.6) is 17.2 Å². The molecule has 0 unspecified atom stereocenters. The maximum atomic E-state index is 12.0. The lowest BCUT2D eigenvalue weighted by Gasteiger charge is -2.18. The third-order valence-corrected chi connectivity index (χ3v) is 3.25. The van der Waals surface area contributed by atoms with Gasteiger partial charge in [-0.15, -0.1) is 0 Å². The number of benzene rings is 1. The molecule has 1 amide bonds. The van der Waals surface area contributed by atoms with Crippen LogP contribution in [0, 0.1) is 0 Å². The molecular weight excluding hydrogens is 310 g/mol. The first-order valence-electron chi connectivity index (χ1n) is 7.08. The summed E-state index contributed by atoms with van der Waals surface area (Å²) in [7, 11) is 4.57. The van der Waals surface area contributed by atoms with Gasteiger partial charge in [0.1, 0.15) is 5.69 Å². The number of hydrogen-bond donors (Lipinski definition) is 2. The molecule has 2 rings (SSSR count). The lowest BCUT2D eigenvalue weighted by Crippen LogP contribution is -2.36. The number of carbonyl (C=O) groups excluding carboxylic acids is 1. The molecule has 7 heteroatoms. The van der Waals surface area contributed by atoms with E-state index in [1.807, 2.05) is 0 Å². The van der Waals surface area contributed by atoms with Gasteiger partial charge in [-0.05, 0) is 24.3 Å². The van der Waals surface area contributed by atoms with E-state index >= 15 is 0 Å². The van der Waals surface area contributed by atoms with Gasteiger partial charge in [-0.3, -0.25) is 20.6 Å². The van der Waals surface area contributed by atoms with Crippen LogP contribution in [0.15, 0.2) is 43.1 Å². The average Bonchev–Trinajstić information content (AvgIpc) is 2.64. The van der Waals surface area contributed by atoms with E-state index < -0.39 is 0 Å². The minimum absolute atomic E-state index is 0.289. The van der Waals surface area contributed by atoms with Gasteiger partial charge in [-0.2, -0.15) is 0 Å². The maximum absolute atomic E-state index is 12.0. The fraction of sp³-hybridized carbons (Fsp3) is 0.176. The first kappa shape index (κ1) is 17.1. The fourth-order valence-electron chi connectivity index (χ4n) is 2.10. The van der Waals surface area contributed by atoms with Crippen LogP contribution in [-0.2, 0) is 0 Å². The number of amides is 1. The van der Waals surface area contributed by atoms with Crippen molar-refractivity contribution in [1.29, 1.82) is 0 Å². The maximum Gasteiger partial charge on any atom is 0.288 e. The number of ether oxygens (including phenoxy) is 3. The van der Waals surface area contributed by atoms with Crippen LogP contribution < -0.4 is 25.1 Å². The Morgan fingerprint density at radius 2 is 1.75 bits per heavy atom. The first-order valence-corrected chi connectivity index (χ1v) is 7.08. The molecule has 126 valence electrons. The minimum atomic E-state index is -0.379. The Morgan fingerprint density at radius 3 is 2.33 bits per heavy atom. The Morgan fingerprint density at radius 1 is 1.00 bits per heavy atom. The highest BCUT2D eigenvalue weighted by Crippen LogP contribution is 2.41. The van der Waals surface area contributed by atoms with Crippen molar-refractivity contribution in [2.24, 2.45) is 0 Å². The number of nitrogens with zero attached hydrogens (tertiary/aromatic N) is 1. The Bertz CT molecular complexity index is 732. The van der Waals surface area contributed by atoms with Crippen molar-refractivity contribution in [2.75, 3.05) is 21.3 Å². The molecule has 0 saturated heterocycles. The second-order valence-electron chi connectivity index (χ2n) is 4.65. The van der Waals surface area contributed by atoms with E-state index in [4.69, 9.17) is 14.2 Å². The molecule has 0 saturated carbocycles. The molecule has 24 heavy (non-hydrogen) atoms. The van der Waals surface area contributed by atoms with Crippen LogP contribution in [0.4, 0.5) is 0 Å². The molecule has 2 aromatic rings. The third kappa shape index (κ3) is 3.57. The van der Waals surface area contributed by atoms with Crippen molar-refractivity contribution in [3.8, 4) is 17.2 Å². The second kappa shape index (κ2) is 7.87. The van der Waals surface area contributed by atoms with E-state index in [1.54, 1.807) is 36.5 Å². The van der Waals surface area contributed by atoms with Crippen molar-refractivity contribution in [3.63, 3.8) is 0 Å². The summed E-state index contributed by atoms with van der Waals surface area (Å²) in [6, 6.07) is 8.55. The monoisotopic (exact) mass is 329 g/mol. The summed E-state index contributed by atoms with van der Waals surface area (Å²) >= 11 is 0. The summed E-state index contributed by atoms with van der Waals surface area (Å²) in [5, 5.41) is 0. The van der Waals surface area contributed by atoms with Gasteiger partial charge in [0, 0.05) is 11.8 Å². The van der Waals surface area contributed by atoms with Crippen LogP contribution in [0.2, 0.25) is 0 Å². The van der Waals surface area contributed by atoms with E-state index in [9.17, 15) is 4.79 Å². The zero-order chi connectivity index (χ0) is 17.5. The molecule has 0 aliphatic rings. The largest absolute Gasteiger partial charge is 0.493 e. The standard InChI is InChI=1S/C17H19N3O4/c1-11(19-20-17(21)13-7-5-6-10-18-13)12-8-9-14(22-2)16(24-4)15(12)23-3/h5-10,19H,1H2,2-4H3,(H,20,21). The molecule has 0 aliphatic heterocycles. The Kier molecular flexibility index (Phi) is 5.62. The smallest absolute Gasteiger partial charge is 0.288 e. The quantitative estimate of drug-likeness (QED) is 0.756. The zero-order valence-corrected chi connectivity index (χ0v) is 13.8. The summed E-state index contributed by atoms with van der Waals surface area (Å²) in [6.45, 7) is 3.91. The highest BCUT2D eigenvalue weighted by molar-refractivity contribution is 5.92. The molecule has 0 aliphatic carbocycles. The molecular formula is C17H19N3O4. The number of nitrogens with one attached hydrogen (secondary N) is 2. The van der Waals surface area contributed by atoms with E-state index in [2.05, 4.69) is 22.4 Å². The van der Waals surface area contributed by atoms with Gasteiger partial charge in [0.25, 0.3) is 5.91 Å². The normalized spacial score (nSPS) is 9.79. The van der Waals surface area contributed by atoms with Crippen LogP contribution in [-0.4, -0.2) is 32.2 Å². The van der Waals surface area contributed by atoms with Gasteiger partial charge in [-0.25, -0.2) is 0 Å². The topological polar surface area (TPSA) is 81.7 Å². The van der Waals surface area contributed by atoms with Crippen LogP contribution in [0.25, 0.3) is 5.70 Å². The summed E-state index contributed by atoms with van der Waals surface area (Å²) in [6.07, 6.45) is 1.54. The summed E-state index contributed by atoms with van der Waals surface area (Å²) in [5.74, 6) is 1.04. The number of carbonyl (C=O) groups is 1. The molecule has 0 atom stereocenters. The van der Waals surface area contributed by atoms with E-state index in [0.717, 1.165) is 0 Å². The molecule has 1 heterocycles. The minimum Gasteiger partial charge on any atom is -0.493 e. The zero-order valence-electron chi connectivity index (χ0n) is 13.8. The predicted octanol–water partition coefficient (Wildman–Crippen LogP) is 2.01. The fourth-order valence-corrected chi connectivity index (χ4v) is 2.10. The summed E-state index contributed by atoms with van der Waals surface area (Å²) in [5.41, 5.74) is 6.62. The molecule has 1 aromatic carbocycles. The van der Waals surface area contributed by atoms with E-state index in [0.29, 0.717) is 28.5 Å². The van der Waals surface area contributed by atoms with Gasteiger partial charge in [0.05, 0.1) is 27.0 Å². The van der Waals surface area contributed by atoms with Crippen LogP contribution >= 0.6 is 0 Å². The molecule has 0 spiro atoms. The number of hydrogen-bond acceptors (Lipinski definition) is 6. The van der Waals surface area contributed by atoms with Crippen molar-refractivity contribution in [1.82, 2.24) is 15.8 Å². The first-order chi connectivity index (χ1) is 11.6. The molecule has 0 bridgehead atoms. The van der Waals surface area contributed by atoms with Crippen molar-refractivity contribution >= 4 is 11.6 Å². The molecule has 0 radical (unpaired) electrons. The third-order valence-electron chi connectivity index (χ3n) is 3.25. The number of hydrazine groups is 1. The van der Waals surface area contributed by atoms with Crippen molar-refractivity contribution in [2.45, 2.75) is 0 Å². The Balaban J connectivity index is 2.16. The highest BCUT2D eigenvalue weighted by Gasteiger charge is 2.18. The number of pyridine rings is 1. The summed E-state index contributed by atoms with van der Waals surface area (Å²) < 4.78 is 16.0. The molecule has 1 aromatic heterocycles. The van der Waals surface area contributed by atoms with Gasteiger partial charge >= 0.3 is 0 Å². The van der Waals surface area contributed by atoms with Gasteiger partial charge in [0.2, 0.25) is 5.75 Å². The van der Waals surface area contributed by atoms with Gasteiger partial charge < -0.3 is 14.2 Å². The summed E-state index contributed by atoms with van der Waals surface area (Å²) in [4.78, 5) is 16.0. The average molecular weight is 329 g/mol. The van der Waals surface area contributed by atoms with Gasteiger partial charge in [-0.1, -0.05) is 12.6 Å². The Labute approximate surface area is 140 Å². The van der Waals surface area contributed by atoms with E-state index in [1.165, 1.54) is 21.3 Å². The second-order valence-corrected chi connectivity index (χ2v) is 4.65. The van der Waals surface area contributed by atoms with Gasteiger partial charge in [0.15, 0.2) is 11.5 Å².